The van der Waals surface area contributed by atoms with Gasteiger partial charge in [0.1, 0.15) is 6.17 Å². The van der Waals surface area contributed by atoms with Gasteiger partial charge in [-0.2, -0.15) is 13.2 Å². The lowest BCUT2D eigenvalue weighted by molar-refractivity contribution is -0.137. The highest BCUT2D eigenvalue weighted by Crippen LogP contribution is 2.30. The second-order valence-electron chi connectivity index (χ2n) is 3.26. The Balaban J connectivity index is 2.20. The van der Waals surface area contributed by atoms with E-state index in [-0.39, 0.29) is 6.17 Å². The summed E-state index contributed by atoms with van der Waals surface area (Å²) >= 11 is 0. The summed E-state index contributed by atoms with van der Waals surface area (Å²) in [4.78, 5) is 4.08. The molecule has 0 aromatic heterocycles. The van der Waals surface area contributed by atoms with Gasteiger partial charge in [0.25, 0.3) is 0 Å². The van der Waals surface area contributed by atoms with Crippen LogP contribution in [0.15, 0.2) is 29.3 Å². The molecule has 5 heteroatoms. The molecule has 1 N–H and O–H groups in total. The molecule has 2 rings (SSSR count). The van der Waals surface area contributed by atoms with E-state index >= 15 is 0 Å². The molecule has 2 nitrogen and oxygen atoms in total. The molecule has 1 heterocycles. The van der Waals surface area contributed by atoms with Crippen LogP contribution in [0.25, 0.3) is 0 Å². The Hall–Kier alpha value is -1.36. The average molecular weight is 214 g/mol. The van der Waals surface area contributed by atoms with Gasteiger partial charge in [-0.3, -0.25) is 10.3 Å². The minimum Gasteiger partial charge on any atom is -0.287 e. The van der Waals surface area contributed by atoms with Crippen molar-refractivity contribution in [2.24, 2.45) is 4.99 Å². The highest BCUT2D eigenvalue weighted by molar-refractivity contribution is 5.62. The number of hydrogen-bond donors (Lipinski definition) is 1. The van der Waals surface area contributed by atoms with Crippen LogP contribution in [0.4, 0.5) is 13.2 Å². The average Bonchev–Trinajstić information content (AvgIpc) is 2.69. The first-order valence-corrected chi connectivity index (χ1v) is 4.49. The van der Waals surface area contributed by atoms with Crippen LogP contribution >= 0.6 is 0 Å². The van der Waals surface area contributed by atoms with Crippen molar-refractivity contribution in [3.8, 4) is 0 Å². The molecule has 1 aliphatic rings. The quantitative estimate of drug-likeness (QED) is 0.762. The molecule has 1 aromatic carbocycles. The maximum atomic E-state index is 12.3. The van der Waals surface area contributed by atoms with Crippen molar-refractivity contribution in [1.29, 1.82) is 0 Å². The van der Waals surface area contributed by atoms with Crippen LogP contribution in [0.5, 0.6) is 0 Å². The van der Waals surface area contributed by atoms with E-state index in [1.165, 1.54) is 12.1 Å². The van der Waals surface area contributed by atoms with Crippen LogP contribution < -0.4 is 5.32 Å². The minimum absolute atomic E-state index is 0.202. The fourth-order valence-corrected chi connectivity index (χ4v) is 1.43. The van der Waals surface area contributed by atoms with Crippen LogP contribution in [0.1, 0.15) is 17.3 Å². The van der Waals surface area contributed by atoms with E-state index in [1.807, 2.05) is 0 Å². The molecule has 0 bridgehead atoms. The van der Waals surface area contributed by atoms with Crippen molar-refractivity contribution in [2.45, 2.75) is 12.3 Å². The van der Waals surface area contributed by atoms with Crippen LogP contribution in [0, 0.1) is 0 Å². The summed E-state index contributed by atoms with van der Waals surface area (Å²) in [6.07, 6.45) is -2.76. The lowest BCUT2D eigenvalue weighted by Gasteiger charge is -2.10. The minimum atomic E-state index is -4.27. The number of alkyl halides is 3. The van der Waals surface area contributed by atoms with Crippen molar-refractivity contribution < 1.29 is 13.2 Å². The Morgan fingerprint density at radius 1 is 1.20 bits per heavy atom. The zero-order valence-corrected chi connectivity index (χ0v) is 7.75. The molecule has 15 heavy (non-hydrogen) atoms. The van der Waals surface area contributed by atoms with Gasteiger partial charge >= 0.3 is 6.18 Å². The molecule has 0 radical (unpaired) electrons. The van der Waals surface area contributed by atoms with Gasteiger partial charge in [0.15, 0.2) is 0 Å². The van der Waals surface area contributed by atoms with Crippen molar-refractivity contribution in [1.82, 2.24) is 5.32 Å². The first-order valence-electron chi connectivity index (χ1n) is 4.49. The Bertz CT molecular complexity index is 367. The molecule has 0 amide bonds. The zero-order chi connectivity index (χ0) is 10.9. The number of halogens is 3. The fourth-order valence-electron chi connectivity index (χ4n) is 1.43. The van der Waals surface area contributed by atoms with E-state index in [2.05, 4.69) is 10.3 Å². The highest BCUT2D eigenvalue weighted by atomic mass is 19.4. The molecule has 0 saturated carbocycles. The lowest BCUT2D eigenvalue weighted by Crippen LogP contribution is -2.14. The molecule has 0 spiro atoms. The van der Waals surface area contributed by atoms with Gasteiger partial charge in [0.05, 0.1) is 5.56 Å². The van der Waals surface area contributed by atoms with Gasteiger partial charge < -0.3 is 0 Å². The molecule has 0 aliphatic carbocycles. The molecule has 80 valence electrons. The summed E-state index contributed by atoms with van der Waals surface area (Å²) in [5.41, 5.74) is 0.116. The number of nitrogens with one attached hydrogen (secondary N) is 1. The van der Waals surface area contributed by atoms with E-state index in [0.717, 1.165) is 17.7 Å². The molecule has 1 atom stereocenters. The Labute approximate surface area is 84.8 Å². The second-order valence-corrected chi connectivity index (χ2v) is 3.26. The molecular formula is C10H9F3N2. The van der Waals surface area contributed by atoms with Crippen molar-refractivity contribution in [2.75, 3.05) is 6.54 Å². The first-order chi connectivity index (χ1) is 7.07. The first kappa shape index (κ1) is 10.2. The third kappa shape index (κ3) is 2.18. The van der Waals surface area contributed by atoms with Crippen molar-refractivity contribution in [3.05, 3.63) is 35.4 Å². The second kappa shape index (κ2) is 3.66. The van der Waals surface area contributed by atoms with E-state index in [9.17, 15) is 13.2 Å². The van der Waals surface area contributed by atoms with E-state index in [1.54, 1.807) is 6.21 Å². The summed E-state index contributed by atoms with van der Waals surface area (Å²) < 4.78 is 36.8. The lowest BCUT2D eigenvalue weighted by atomic mass is 10.1. The van der Waals surface area contributed by atoms with Crippen molar-refractivity contribution in [3.63, 3.8) is 0 Å². The van der Waals surface area contributed by atoms with E-state index in [0.29, 0.717) is 6.54 Å². The molecule has 1 aliphatic heterocycles. The number of aliphatic imine (C=N–C) groups is 1. The standard InChI is InChI=1S/C10H9F3N2/c11-10(12,13)8-3-1-7(2-4-8)9-14-5-6-15-9/h1-5,9,15H,6H2. The Morgan fingerprint density at radius 3 is 2.33 bits per heavy atom. The maximum absolute atomic E-state index is 12.3. The third-order valence-electron chi connectivity index (χ3n) is 2.21. The fraction of sp³-hybridized carbons (Fsp3) is 0.300. The number of nitrogens with zero attached hydrogens (tertiary/aromatic N) is 1. The normalized spacial score (nSPS) is 20.9. The molecule has 0 fully saturated rings. The SMILES string of the molecule is FC(F)(F)c1ccc(C2N=CCN2)cc1. The Kier molecular flexibility index (Phi) is 2.48. The largest absolute Gasteiger partial charge is 0.416 e. The molecular weight excluding hydrogens is 205 g/mol. The van der Waals surface area contributed by atoms with Crippen LogP contribution in [0.2, 0.25) is 0 Å². The van der Waals surface area contributed by atoms with Gasteiger partial charge in [-0.25, -0.2) is 0 Å². The van der Waals surface area contributed by atoms with Gasteiger partial charge in [0.2, 0.25) is 0 Å². The van der Waals surface area contributed by atoms with Gasteiger partial charge in [-0.1, -0.05) is 12.1 Å². The van der Waals surface area contributed by atoms with Crippen molar-refractivity contribution >= 4 is 6.21 Å². The van der Waals surface area contributed by atoms with Gasteiger partial charge in [-0.15, -0.1) is 0 Å². The van der Waals surface area contributed by atoms with E-state index < -0.39 is 11.7 Å². The summed E-state index contributed by atoms with van der Waals surface area (Å²) in [5, 5.41) is 3.03. The predicted octanol–water partition coefficient (Wildman–Crippen LogP) is 2.38. The third-order valence-corrected chi connectivity index (χ3v) is 2.21. The number of benzene rings is 1. The molecule has 1 aromatic rings. The number of hydrogen-bond acceptors (Lipinski definition) is 2. The molecule has 1 unspecified atom stereocenters. The van der Waals surface area contributed by atoms with E-state index in [4.69, 9.17) is 0 Å². The van der Waals surface area contributed by atoms with Gasteiger partial charge in [0, 0.05) is 12.8 Å². The zero-order valence-electron chi connectivity index (χ0n) is 7.75. The highest BCUT2D eigenvalue weighted by Gasteiger charge is 2.30. The maximum Gasteiger partial charge on any atom is 0.416 e. The predicted molar refractivity (Wildman–Crippen MR) is 50.7 cm³/mol. The topological polar surface area (TPSA) is 24.4 Å². The van der Waals surface area contributed by atoms with Crippen LogP contribution in [0.3, 0.4) is 0 Å². The van der Waals surface area contributed by atoms with Crippen LogP contribution in [-0.4, -0.2) is 12.8 Å². The summed E-state index contributed by atoms with van der Waals surface area (Å²) in [6, 6.07) is 5.04. The van der Waals surface area contributed by atoms with Gasteiger partial charge in [-0.05, 0) is 17.7 Å². The summed E-state index contributed by atoms with van der Waals surface area (Å²) in [5.74, 6) is 0. The Morgan fingerprint density at radius 2 is 1.87 bits per heavy atom. The van der Waals surface area contributed by atoms with Crippen LogP contribution in [-0.2, 0) is 6.18 Å². The molecule has 0 saturated heterocycles. The summed E-state index contributed by atoms with van der Waals surface area (Å²) in [7, 11) is 0. The number of rotatable bonds is 1. The smallest absolute Gasteiger partial charge is 0.287 e. The monoisotopic (exact) mass is 214 g/mol. The summed E-state index contributed by atoms with van der Waals surface area (Å²) in [6.45, 7) is 0.658.